The average molecular weight is 1510 g/mol. The average Bonchev–Trinajstić information content (AvgIpc) is 1.13. The molecule has 3 aliphatic rings. The van der Waals surface area contributed by atoms with Gasteiger partial charge in [0, 0.05) is 130 Å². The number of aromatic carboxylic acids is 1. The molecule has 3 heterocycles. The molecule has 0 radical (unpaired) electrons. The van der Waals surface area contributed by atoms with Crippen LogP contribution in [0, 0.1) is 10.1 Å². The summed E-state index contributed by atoms with van der Waals surface area (Å²) in [7, 11) is 12.5. The maximum Gasteiger partial charge on any atom is 0.269 e. The number of carbonyl (C=O) groups is 5. The Hall–Kier alpha value is -11.2. The number of rotatable bonds is 38. The number of benzene rings is 6. The zero-order chi connectivity index (χ0) is 78.5. The summed E-state index contributed by atoms with van der Waals surface area (Å²) in [4.78, 5) is 79.8. The van der Waals surface area contributed by atoms with Gasteiger partial charge in [-0.25, -0.2) is 9.26 Å². The van der Waals surface area contributed by atoms with Crippen LogP contribution in [0.5, 0.6) is 11.5 Å². The lowest BCUT2D eigenvalue weighted by atomic mass is 9.89. The van der Waals surface area contributed by atoms with Crippen molar-refractivity contribution >= 4 is 80.4 Å². The molecule has 34 nitrogen and oxygen atoms in total. The maximum atomic E-state index is 13.8. The maximum absolute atomic E-state index is 13.8. The van der Waals surface area contributed by atoms with Crippen molar-refractivity contribution in [2.24, 2.45) is 20.5 Å². The first-order chi connectivity index (χ1) is 52.3. The monoisotopic (exact) mass is 1510 g/mol. The number of unbranched alkanes of at least 4 members (excludes halogenated alkanes) is 3. The third-order valence-electron chi connectivity index (χ3n) is 17.9. The molecule has 5 aromatic carbocycles. The van der Waals surface area contributed by atoms with Gasteiger partial charge in [-0.3, -0.25) is 29.3 Å². The molecular weight excluding hydrogens is 1410 g/mol. The normalized spacial score (nSPS) is 16.5. The Morgan fingerprint density at radius 3 is 2.04 bits per heavy atom. The van der Waals surface area contributed by atoms with Crippen LogP contribution in [0.1, 0.15) is 78.8 Å². The smallest absolute Gasteiger partial charge is 0.269 e. The standard InChI is InChI=1S/C75H91N15O19/c1-45(92)79-67-69(95)68(94)64(44-91)108-72(67)109-74(75(2,100)73(99)77-31-13-11-10-12-30-76-70(96)46-16-27-54(57(37-46)71(97)98)66-55-28-25-52(86(3)4)38-60(55)107-61-39-53(87(5)6)26-29-56(61)66)106-36-35-105-34-33-89-43-49(82-85-89)42-78-65(93)15-14-32-88(7)50-21-17-47(18-22-50)80-83-58-40-63(104-9)59(41-62(58)103-8)84-81-48-19-23-51(24-20-48)90(101)102/h16-29,37-41,43,64,67-69,72,74,91,94-95,100H,10-15,30-36,42,44H2,1-9H3,(H4-,76,77,78,79,92,93,96,97,98,99)/b83-80+,84-81+/t64-,67-,68-,69-,72+,74-,75+/m1/s1. The predicted octanol–water partition coefficient (Wildman–Crippen LogP) is 5.72. The number of hydrogen-bond acceptors (Lipinski definition) is 27. The predicted molar refractivity (Wildman–Crippen MR) is 397 cm³/mol. The summed E-state index contributed by atoms with van der Waals surface area (Å²) >= 11 is 0. The van der Waals surface area contributed by atoms with Gasteiger partial charge in [0.1, 0.15) is 78.4 Å². The number of aromatic nitrogens is 3. The van der Waals surface area contributed by atoms with Crippen molar-refractivity contribution in [2.75, 3.05) is 105 Å². The minimum Gasteiger partial charge on any atom is -0.545 e. The fourth-order valence-electron chi connectivity index (χ4n) is 11.8. The third kappa shape index (κ3) is 21.8. The molecule has 580 valence electrons. The minimum atomic E-state index is -2.47. The topological polar surface area (TPSA) is 439 Å². The Morgan fingerprint density at radius 2 is 1.41 bits per heavy atom. The number of ether oxygens (including phenoxy) is 6. The number of nitro benzene ring substituents is 1. The molecule has 0 saturated carbocycles. The number of hydrogen-bond donors (Lipinski definition) is 8. The molecule has 7 atom stereocenters. The number of carbonyl (C=O) groups excluding carboxylic acids is 5. The molecule has 0 unspecified atom stereocenters. The highest BCUT2D eigenvalue weighted by Gasteiger charge is 2.50. The Bertz CT molecular complexity index is 4580. The number of aliphatic hydroxyl groups excluding tert-OH is 3. The first-order valence-electron chi connectivity index (χ1n) is 35.1. The summed E-state index contributed by atoms with van der Waals surface area (Å²) in [6.45, 7) is 2.47. The number of amides is 4. The zero-order valence-corrected chi connectivity index (χ0v) is 61.9. The molecule has 1 fully saturated rings. The van der Waals surface area contributed by atoms with Crippen LogP contribution in [0.15, 0.2) is 146 Å². The number of aliphatic hydroxyl groups is 4. The second-order valence-electron chi connectivity index (χ2n) is 26.3. The van der Waals surface area contributed by atoms with Crippen LogP contribution in [0.25, 0.3) is 33.4 Å². The van der Waals surface area contributed by atoms with E-state index in [9.17, 15) is 59.6 Å². The minimum absolute atomic E-state index is 0.0695. The van der Waals surface area contributed by atoms with Crippen LogP contribution in [0.4, 0.5) is 39.8 Å². The largest absolute Gasteiger partial charge is 0.545 e. The lowest BCUT2D eigenvalue weighted by Gasteiger charge is -2.44. The second-order valence-corrected chi connectivity index (χ2v) is 26.3. The van der Waals surface area contributed by atoms with Crippen LogP contribution >= 0.6 is 0 Å². The van der Waals surface area contributed by atoms with Crippen molar-refractivity contribution in [3.63, 3.8) is 0 Å². The van der Waals surface area contributed by atoms with E-state index in [1.54, 1.807) is 42.6 Å². The molecule has 0 bridgehead atoms. The summed E-state index contributed by atoms with van der Waals surface area (Å²) in [5.41, 5.74) is 3.51. The van der Waals surface area contributed by atoms with Crippen LogP contribution < -0.4 is 55.6 Å². The molecule has 2 aliphatic heterocycles. The molecule has 109 heavy (non-hydrogen) atoms. The number of fused-ring (bicyclic) bond motifs is 2. The highest BCUT2D eigenvalue weighted by Crippen LogP contribution is 2.44. The van der Waals surface area contributed by atoms with E-state index in [4.69, 9.17) is 32.8 Å². The van der Waals surface area contributed by atoms with Crippen molar-refractivity contribution in [3.05, 3.63) is 154 Å². The van der Waals surface area contributed by atoms with E-state index >= 15 is 0 Å². The molecular formula is C75H91N15O19. The van der Waals surface area contributed by atoms with Crippen molar-refractivity contribution < 1.29 is 87.3 Å². The van der Waals surface area contributed by atoms with Gasteiger partial charge in [0.2, 0.25) is 17.2 Å². The summed E-state index contributed by atoms with van der Waals surface area (Å²) in [6, 6.07) is 30.6. The molecule has 4 amide bonds. The Labute approximate surface area is 627 Å². The number of carboxylic acid groups (broad SMARTS) is 1. The van der Waals surface area contributed by atoms with E-state index in [0.717, 1.165) is 30.6 Å². The third-order valence-corrected chi connectivity index (χ3v) is 17.9. The van der Waals surface area contributed by atoms with Crippen molar-refractivity contribution in [3.8, 4) is 33.9 Å². The number of carboxylic acids is 1. The van der Waals surface area contributed by atoms with Gasteiger partial charge in [-0.2, -0.15) is 10.2 Å². The number of methoxy groups -OCH3 is 2. The van der Waals surface area contributed by atoms with E-state index in [1.807, 2.05) is 98.1 Å². The fraction of sp³-hybridized carbons (Fsp3) is 0.413. The number of nitro groups is 1. The molecule has 9 rings (SSSR count). The van der Waals surface area contributed by atoms with Crippen molar-refractivity contribution in [1.82, 2.24) is 40.8 Å². The Morgan fingerprint density at radius 1 is 0.761 bits per heavy atom. The van der Waals surface area contributed by atoms with E-state index < -0.39 is 77.8 Å². The lowest BCUT2D eigenvalue weighted by Crippen LogP contribution is -2.66. The number of azo groups is 2. The Kier molecular flexibility index (Phi) is 28.9. The number of nitrogens with zero attached hydrogens (tertiary/aromatic N) is 11. The van der Waals surface area contributed by atoms with Crippen LogP contribution in [-0.2, 0) is 46.4 Å². The van der Waals surface area contributed by atoms with Gasteiger partial charge in [-0.15, -0.1) is 15.3 Å². The summed E-state index contributed by atoms with van der Waals surface area (Å²) < 4.78 is 44.4. The Balaban J connectivity index is 0.702. The van der Waals surface area contributed by atoms with Gasteiger partial charge in [0.15, 0.2) is 18.2 Å². The van der Waals surface area contributed by atoms with Crippen molar-refractivity contribution in [2.45, 2.75) is 108 Å². The van der Waals surface area contributed by atoms with Gasteiger partial charge < -0.3 is 94.2 Å². The SMILES string of the molecule is COc1cc(/N=N/c2ccc([N+](=O)[O-])cc2)c(OC)cc1/N=N/c1ccc(N(C)CCCC(=O)NCc2cn(CCOCCO[C@H](O[C@@H]3O[C@H](CO)[C@@H](O)[C@H](O)[C@H]3NC(C)=O)[C@@](C)(O)C(=O)NCCCCCCNC(=O)c3ccc(-c4c5ccc(=[N+](C)C)cc-5oc5cc(N(C)C)ccc45)c(C(=O)[O-])c3)nn2)cc1. The highest BCUT2D eigenvalue weighted by molar-refractivity contribution is 6.09. The van der Waals surface area contributed by atoms with Gasteiger partial charge in [0.05, 0.1) is 88.3 Å². The van der Waals surface area contributed by atoms with Crippen molar-refractivity contribution in [1.29, 1.82) is 0 Å². The second kappa shape index (κ2) is 38.5. The summed E-state index contributed by atoms with van der Waals surface area (Å²) in [5, 5.41) is 105. The van der Waals surface area contributed by atoms with E-state index in [-0.39, 0.29) is 75.1 Å². The number of non-ortho nitro benzene ring substituents is 1. The highest BCUT2D eigenvalue weighted by atomic mass is 16.8. The van der Waals surface area contributed by atoms with Crippen LogP contribution in [-0.4, -0.2) is 208 Å². The van der Waals surface area contributed by atoms with E-state index in [1.165, 1.54) is 49.2 Å². The summed E-state index contributed by atoms with van der Waals surface area (Å²) in [6.07, 6.45) is -3.71. The zero-order valence-electron chi connectivity index (χ0n) is 61.9. The number of nitrogens with one attached hydrogen (secondary N) is 4. The van der Waals surface area contributed by atoms with Gasteiger partial charge in [0.25, 0.3) is 17.5 Å². The van der Waals surface area contributed by atoms with E-state index in [2.05, 4.69) is 52.0 Å². The van der Waals surface area contributed by atoms with Crippen LogP contribution in [0.2, 0.25) is 0 Å². The summed E-state index contributed by atoms with van der Waals surface area (Å²) in [5.74, 6) is -2.47. The molecule has 1 aliphatic carbocycles. The molecule has 8 N–H and O–H groups in total. The van der Waals surface area contributed by atoms with Gasteiger partial charge >= 0.3 is 0 Å². The van der Waals surface area contributed by atoms with Gasteiger partial charge in [-0.05, 0) is 98.5 Å². The first-order valence-corrected chi connectivity index (χ1v) is 35.1. The van der Waals surface area contributed by atoms with Gasteiger partial charge in [-0.1, -0.05) is 24.1 Å². The first kappa shape index (κ1) is 81.8. The quantitative estimate of drug-likeness (QED) is 0.00436. The molecule has 1 saturated heterocycles. The lowest BCUT2D eigenvalue weighted by molar-refractivity contribution is -0.384. The number of anilines is 2. The van der Waals surface area contributed by atoms with Crippen LogP contribution in [0.3, 0.4) is 0 Å². The molecule has 0 spiro atoms. The van der Waals surface area contributed by atoms with E-state index in [0.29, 0.717) is 112 Å². The fourth-order valence-corrected chi connectivity index (χ4v) is 11.8. The molecule has 1 aromatic heterocycles. The molecule has 6 aromatic rings. The molecule has 34 heteroatoms.